The second-order valence-electron chi connectivity index (χ2n) is 12.0. The van der Waals surface area contributed by atoms with Gasteiger partial charge >= 0.3 is 0 Å². The summed E-state index contributed by atoms with van der Waals surface area (Å²) in [5.41, 5.74) is 7.64. The number of fused-ring (bicyclic) bond motifs is 1. The first kappa shape index (κ1) is 33.5. The first-order valence-corrected chi connectivity index (χ1v) is 19.3. The Kier molecular flexibility index (Phi) is 10.8. The molecule has 46 heavy (non-hydrogen) atoms. The van der Waals surface area contributed by atoms with E-state index in [1.54, 1.807) is 0 Å². The van der Waals surface area contributed by atoms with Crippen LogP contribution in [0.15, 0.2) is 66.7 Å². The van der Waals surface area contributed by atoms with Crippen molar-refractivity contribution < 1.29 is 13.5 Å². The average Bonchev–Trinajstić information content (AvgIpc) is 3.40. The van der Waals surface area contributed by atoms with Crippen LogP contribution in [0.5, 0.6) is 0 Å². The number of hydrogen-bond donors (Lipinski definition) is 2. The minimum atomic E-state index is -3.38. The lowest BCUT2D eigenvalue weighted by Crippen LogP contribution is -2.40. The molecule has 3 heterocycles. The molecule has 1 aromatic heterocycles. The van der Waals surface area contributed by atoms with Crippen molar-refractivity contribution in [3.8, 4) is 22.4 Å². The average molecular weight is 701 g/mol. The molecule has 0 saturated carbocycles. The summed E-state index contributed by atoms with van der Waals surface area (Å²) in [6, 6.07) is 22.0. The molecule has 6 rings (SSSR count). The number of aliphatic hydroxyl groups is 1. The summed E-state index contributed by atoms with van der Waals surface area (Å²) in [5.74, 6) is 2.16. The molecule has 12 heteroatoms. The van der Waals surface area contributed by atoms with E-state index in [0.717, 1.165) is 81.9 Å². The summed E-state index contributed by atoms with van der Waals surface area (Å²) >= 11 is 14.7. The summed E-state index contributed by atoms with van der Waals surface area (Å²) in [4.78, 5) is 2.30. The van der Waals surface area contributed by atoms with E-state index in [2.05, 4.69) is 34.5 Å². The maximum absolute atomic E-state index is 12.5. The lowest BCUT2D eigenvalue weighted by molar-refractivity contribution is 0.0985. The predicted molar refractivity (Wildman–Crippen MR) is 189 cm³/mol. The van der Waals surface area contributed by atoms with Gasteiger partial charge < -0.3 is 10.4 Å². The van der Waals surface area contributed by atoms with E-state index in [0.29, 0.717) is 31.1 Å². The molecule has 0 bridgehead atoms. The fourth-order valence-corrected chi connectivity index (χ4v) is 8.24. The molecule has 1 atom stereocenters. The second kappa shape index (κ2) is 14.8. The van der Waals surface area contributed by atoms with Gasteiger partial charge in [0.2, 0.25) is 10.0 Å². The molecular formula is C34H39Cl2N5O3S2. The van der Waals surface area contributed by atoms with Gasteiger partial charge in [-0.2, -0.15) is 21.2 Å². The molecule has 4 aromatic rings. The maximum Gasteiger partial charge on any atom is 0.211 e. The highest BCUT2D eigenvalue weighted by atomic mass is 35.5. The molecule has 0 aliphatic carbocycles. The number of benzene rings is 3. The molecule has 2 aliphatic rings. The van der Waals surface area contributed by atoms with Crippen LogP contribution in [0.2, 0.25) is 10.0 Å². The van der Waals surface area contributed by atoms with Crippen LogP contribution in [0.25, 0.3) is 22.4 Å². The van der Waals surface area contributed by atoms with Crippen LogP contribution in [0.3, 0.4) is 0 Å². The van der Waals surface area contributed by atoms with Crippen LogP contribution in [-0.4, -0.2) is 82.6 Å². The van der Waals surface area contributed by atoms with Crippen molar-refractivity contribution in [2.45, 2.75) is 38.7 Å². The molecule has 0 radical (unpaired) electrons. The van der Waals surface area contributed by atoms with E-state index < -0.39 is 16.1 Å². The third kappa shape index (κ3) is 8.17. The van der Waals surface area contributed by atoms with Gasteiger partial charge in [0.05, 0.1) is 24.6 Å². The van der Waals surface area contributed by atoms with Gasteiger partial charge in [-0.05, 0) is 41.0 Å². The fraction of sp³-hybridized carbons (Fsp3) is 0.382. The topological polar surface area (TPSA) is 90.7 Å². The quantitative estimate of drug-likeness (QED) is 0.213. The van der Waals surface area contributed by atoms with Crippen molar-refractivity contribution >= 4 is 45.0 Å². The van der Waals surface area contributed by atoms with Crippen LogP contribution in [0.1, 0.15) is 22.4 Å². The molecule has 2 aliphatic heterocycles. The lowest BCUT2D eigenvalue weighted by atomic mass is 9.97. The number of sulfonamides is 1. The summed E-state index contributed by atoms with van der Waals surface area (Å²) < 4.78 is 28.5. The second-order valence-corrected chi connectivity index (χ2v) is 16.0. The summed E-state index contributed by atoms with van der Waals surface area (Å²) in [5, 5.41) is 20.9. The Balaban J connectivity index is 1.23. The molecule has 0 amide bonds. The van der Waals surface area contributed by atoms with E-state index in [-0.39, 0.29) is 6.54 Å². The zero-order valence-electron chi connectivity index (χ0n) is 25.8. The lowest BCUT2D eigenvalue weighted by Gasteiger charge is -2.29. The number of aromatic nitrogens is 2. The van der Waals surface area contributed by atoms with E-state index in [9.17, 15) is 13.5 Å². The summed E-state index contributed by atoms with van der Waals surface area (Å²) in [6.45, 7) is 5.01. The Morgan fingerprint density at radius 2 is 1.57 bits per heavy atom. The zero-order chi connectivity index (χ0) is 32.3. The number of nitrogens with one attached hydrogen (secondary N) is 1. The highest BCUT2D eigenvalue weighted by molar-refractivity contribution is 7.99. The molecule has 3 aromatic carbocycles. The predicted octanol–water partition coefficient (Wildman–Crippen LogP) is 5.54. The fourth-order valence-electron chi connectivity index (χ4n) is 6.12. The van der Waals surface area contributed by atoms with Gasteiger partial charge in [0, 0.05) is 96.2 Å². The van der Waals surface area contributed by atoms with Crippen LogP contribution < -0.4 is 5.32 Å². The minimum absolute atomic E-state index is 0.249. The number of rotatable bonds is 11. The molecule has 0 unspecified atom stereocenters. The first-order valence-electron chi connectivity index (χ1n) is 15.5. The van der Waals surface area contributed by atoms with Gasteiger partial charge in [-0.3, -0.25) is 9.58 Å². The van der Waals surface area contributed by atoms with Crippen molar-refractivity contribution in [2.24, 2.45) is 0 Å². The Hall–Kier alpha value is -2.41. The molecule has 8 nitrogen and oxygen atoms in total. The smallest absolute Gasteiger partial charge is 0.211 e. The monoisotopic (exact) mass is 699 g/mol. The SMILES string of the molecule is CS(=O)(=O)N1CCc2c(c(-c3ccc(Cl)c(-c4ccc(CNCc5ccc(Cl)cc5)cc4)c3)nn2C[C@@H](O)CN2CCSCC2)C1. The standard InChI is InChI=1S/C34H39Cl2N5O3S2/c1-46(43,44)40-13-12-33-31(23-40)34(38-41(33)22-29(42)21-39-14-16-45-17-15-39)27-8-11-32(36)30(18-27)26-6-2-24(3-7-26)19-37-20-25-4-9-28(35)10-5-25/h2-11,18,29,37,42H,12-17,19-23H2,1H3/t29-/m0/s1. The number of nitrogens with zero attached hydrogens (tertiary/aromatic N) is 4. The Morgan fingerprint density at radius 3 is 2.24 bits per heavy atom. The number of halogens is 2. The van der Waals surface area contributed by atoms with Gasteiger partial charge in [-0.25, -0.2) is 8.42 Å². The summed E-state index contributed by atoms with van der Waals surface area (Å²) in [7, 11) is -3.38. The Morgan fingerprint density at radius 1 is 0.913 bits per heavy atom. The zero-order valence-corrected chi connectivity index (χ0v) is 29.0. The van der Waals surface area contributed by atoms with E-state index >= 15 is 0 Å². The number of hydrogen-bond acceptors (Lipinski definition) is 7. The largest absolute Gasteiger partial charge is 0.390 e. The van der Waals surface area contributed by atoms with E-state index in [1.165, 1.54) is 16.1 Å². The van der Waals surface area contributed by atoms with Crippen molar-refractivity contribution in [1.82, 2.24) is 24.3 Å². The molecular weight excluding hydrogens is 661 g/mol. The Bertz CT molecular complexity index is 1760. The van der Waals surface area contributed by atoms with Gasteiger partial charge in [0.1, 0.15) is 0 Å². The van der Waals surface area contributed by atoms with E-state index in [4.69, 9.17) is 28.3 Å². The molecule has 1 fully saturated rings. The first-order chi connectivity index (χ1) is 22.1. The van der Waals surface area contributed by atoms with Crippen molar-refractivity contribution in [3.63, 3.8) is 0 Å². The maximum atomic E-state index is 12.5. The van der Waals surface area contributed by atoms with Crippen LogP contribution in [0, 0.1) is 0 Å². The third-order valence-corrected chi connectivity index (χ3v) is 11.4. The van der Waals surface area contributed by atoms with Crippen molar-refractivity contribution in [3.05, 3.63) is 99.2 Å². The van der Waals surface area contributed by atoms with Gasteiger partial charge in [0.25, 0.3) is 0 Å². The molecule has 0 spiro atoms. The van der Waals surface area contributed by atoms with Crippen molar-refractivity contribution in [1.29, 1.82) is 0 Å². The molecule has 244 valence electrons. The summed E-state index contributed by atoms with van der Waals surface area (Å²) in [6.07, 6.45) is 1.21. The van der Waals surface area contributed by atoms with Crippen LogP contribution >= 0.6 is 35.0 Å². The molecule has 1 saturated heterocycles. The highest BCUT2D eigenvalue weighted by Crippen LogP contribution is 2.36. The number of β-amino-alcohol motifs (C(OH)–C–C–N with tert-alkyl or cyclic N) is 1. The van der Waals surface area contributed by atoms with Crippen LogP contribution in [0.4, 0.5) is 0 Å². The normalized spacial score (nSPS) is 16.8. The molecule has 2 N–H and O–H groups in total. The van der Waals surface area contributed by atoms with Crippen molar-refractivity contribution in [2.75, 3.05) is 43.9 Å². The minimum Gasteiger partial charge on any atom is -0.390 e. The highest BCUT2D eigenvalue weighted by Gasteiger charge is 2.30. The van der Waals surface area contributed by atoms with Crippen LogP contribution in [-0.2, 0) is 42.6 Å². The Labute approximate surface area is 285 Å². The number of thioether (sulfide) groups is 1. The number of aliphatic hydroxyl groups excluding tert-OH is 1. The van der Waals surface area contributed by atoms with E-state index in [1.807, 2.05) is 58.9 Å². The third-order valence-electron chi connectivity index (χ3n) is 8.60. The van der Waals surface area contributed by atoms with Gasteiger partial charge in [0.15, 0.2) is 0 Å². The van der Waals surface area contributed by atoms with Gasteiger partial charge in [-0.1, -0.05) is 65.7 Å². The van der Waals surface area contributed by atoms with Gasteiger partial charge in [-0.15, -0.1) is 0 Å².